The van der Waals surface area contributed by atoms with E-state index >= 15 is 0 Å². The van der Waals surface area contributed by atoms with Gasteiger partial charge in [0.1, 0.15) is 5.75 Å². The summed E-state index contributed by atoms with van der Waals surface area (Å²) in [7, 11) is 0. The van der Waals surface area contributed by atoms with E-state index in [1.165, 1.54) is 12.5 Å². The second-order valence-corrected chi connectivity index (χ2v) is 5.84. The number of ether oxygens (including phenoxy) is 1. The van der Waals surface area contributed by atoms with Gasteiger partial charge in [0.05, 0.1) is 6.61 Å². The molecule has 2 aromatic carbocycles. The molecule has 0 aromatic heterocycles. The molecular weight excluding hydrogens is 304 g/mol. The minimum absolute atomic E-state index is 0.136. The lowest BCUT2D eigenvalue weighted by Crippen LogP contribution is -2.23. The van der Waals surface area contributed by atoms with Crippen molar-refractivity contribution in [3.63, 3.8) is 0 Å². The topological polar surface area (TPSA) is 67.4 Å². The standard InChI is InChI=1S/C19H20N2O3/c1-13(22)21-17-7-5-15(6-8-17)19(23)20-12-14-4-9-18-16(11-14)3-2-10-24-18/h4-9,11H,2-3,10,12H2,1H3,(H,20,23)(H,21,22). The van der Waals surface area contributed by atoms with E-state index < -0.39 is 0 Å². The fraction of sp³-hybridized carbons (Fsp3) is 0.263. The summed E-state index contributed by atoms with van der Waals surface area (Å²) in [6.45, 7) is 2.70. The molecule has 0 radical (unpaired) electrons. The summed E-state index contributed by atoms with van der Waals surface area (Å²) in [5, 5.41) is 5.59. The summed E-state index contributed by atoms with van der Waals surface area (Å²) in [6.07, 6.45) is 2.05. The molecule has 1 aliphatic heterocycles. The van der Waals surface area contributed by atoms with E-state index in [1.807, 2.05) is 12.1 Å². The number of fused-ring (bicyclic) bond motifs is 1. The second kappa shape index (κ2) is 7.17. The van der Waals surface area contributed by atoms with Crippen molar-refractivity contribution < 1.29 is 14.3 Å². The lowest BCUT2D eigenvalue weighted by molar-refractivity contribution is -0.114. The van der Waals surface area contributed by atoms with E-state index in [0.717, 1.165) is 30.8 Å². The van der Waals surface area contributed by atoms with Gasteiger partial charge in [0.2, 0.25) is 5.91 Å². The quantitative estimate of drug-likeness (QED) is 0.909. The Kier molecular flexibility index (Phi) is 4.79. The Labute approximate surface area is 141 Å². The largest absolute Gasteiger partial charge is 0.493 e. The van der Waals surface area contributed by atoms with Gasteiger partial charge in [-0.1, -0.05) is 12.1 Å². The fourth-order valence-corrected chi connectivity index (χ4v) is 2.72. The minimum Gasteiger partial charge on any atom is -0.493 e. The van der Waals surface area contributed by atoms with Gasteiger partial charge in [0.15, 0.2) is 0 Å². The molecule has 1 heterocycles. The number of nitrogens with one attached hydrogen (secondary N) is 2. The molecule has 24 heavy (non-hydrogen) atoms. The highest BCUT2D eigenvalue weighted by Crippen LogP contribution is 2.25. The molecule has 1 aliphatic rings. The summed E-state index contributed by atoms with van der Waals surface area (Å²) in [5.74, 6) is 0.673. The first-order valence-corrected chi connectivity index (χ1v) is 8.02. The molecule has 0 aliphatic carbocycles. The van der Waals surface area contributed by atoms with E-state index in [1.54, 1.807) is 24.3 Å². The van der Waals surface area contributed by atoms with Crippen molar-refractivity contribution in [1.82, 2.24) is 5.32 Å². The van der Waals surface area contributed by atoms with Gasteiger partial charge in [-0.05, 0) is 54.3 Å². The summed E-state index contributed by atoms with van der Waals surface area (Å²) < 4.78 is 5.59. The third-order valence-electron chi connectivity index (χ3n) is 3.89. The maximum atomic E-state index is 12.2. The molecule has 0 bridgehead atoms. The van der Waals surface area contributed by atoms with Gasteiger partial charge in [-0.3, -0.25) is 9.59 Å². The summed E-state index contributed by atoms with van der Waals surface area (Å²) in [5.41, 5.74) is 3.49. The Morgan fingerprint density at radius 3 is 2.67 bits per heavy atom. The van der Waals surface area contributed by atoms with Crippen molar-refractivity contribution in [3.8, 4) is 5.75 Å². The highest BCUT2D eigenvalue weighted by atomic mass is 16.5. The van der Waals surface area contributed by atoms with Crippen molar-refractivity contribution in [2.24, 2.45) is 0 Å². The molecule has 0 unspecified atom stereocenters. The van der Waals surface area contributed by atoms with Crippen molar-refractivity contribution in [2.45, 2.75) is 26.3 Å². The van der Waals surface area contributed by atoms with Crippen molar-refractivity contribution in [2.75, 3.05) is 11.9 Å². The zero-order valence-corrected chi connectivity index (χ0v) is 13.6. The van der Waals surface area contributed by atoms with Crippen LogP contribution in [0.15, 0.2) is 42.5 Å². The first-order valence-electron chi connectivity index (χ1n) is 8.02. The SMILES string of the molecule is CC(=O)Nc1ccc(C(=O)NCc2ccc3c(c2)CCCO3)cc1. The van der Waals surface area contributed by atoms with Crippen LogP contribution < -0.4 is 15.4 Å². The normalized spacial score (nSPS) is 12.7. The van der Waals surface area contributed by atoms with Gasteiger partial charge in [-0.25, -0.2) is 0 Å². The van der Waals surface area contributed by atoms with Gasteiger partial charge >= 0.3 is 0 Å². The maximum absolute atomic E-state index is 12.2. The number of amides is 2. The number of rotatable bonds is 4. The molecule has 0 fully saturated rings. The summed E-state index contributed by atoms with van der Waals surface area (Å²) in [4.78, 5) is 23.2. The highest BCUT2D eigenvalue weighted by Gasteiger charge is 2.11. The molecular formula is C19H20N2O3. The zero-order valence-electron chi connectivity index (χ0n) is 13.6. The zero-order chi connectivity index (χ0) is 16.9. The lowest BCUT2D eigenvalue weighted by atomic mass is 10.0. The number of aryl methyl sites for hydroxylation is 1. The van der Waals surface area contributed by atoms with E-state index in [9.17, 15) is 9.59 Å². The number of anilines is 1. The Balaban J connectivity index is 1.60. The van der Waals surface area contributed by atoms with Gasteiger partial charge < -0.3 is 15.4 Å². The molecule has 5 nitrogen and oxygen atoms in total. The molecule has 2 amide bonds. The van der Waals surface area contributed by atoms with Crippen LogP contribution in [0.5, 0.6) is 5.75 Å². The second-order valence-electron chi connectivity index (χ2n) is 5.84. The van der Waals surface area contributed by atoms with E-state index in [2.05, 4.69) is 16.7 Å². The van der Waals surface area contributed by atoms with Gasteiger partial charge in [0, 0.05) is 24.7 Å². The van der Waals surface area contributed by atoms with Crippen LogP contribution >= 0.6 is 0 Å². The maximum Gasteiger partial charge on any atom is 0.251 e. The molecule has 5 heteroatoms. The van der Waals surface area contributed by atoms with Crippen LogP contribution in [0.25, 0.3) is 0 Å². The molecule has 0 saturated heterocycles. The lowest BCUT2D eigenvalue weighted by Gasteiger charge is -2.18. The minimum atomic E-state index is -0.140. The predicted octanol–water partition coefficient (Wildman–Crippen LogP) is 2.90. The fourth-order valence-electron chi connectivity index (χ4n) is 2.72. The van der Waals surface area contributed by atoms with Gasteiger partial charge in [-0.2, -0.15) is 0 Å². The average Bonchev–Trinajstić information content (AvgIpc) is 2.59. The number of benzene rings is 2. The smallest absolute Gasteiger partial charge is 0.251 e. The molecule has 0 spiro atoms. The molecule has 124 valence electrons. The van der Waals surface area contributed by atoms with E-state index in [4.69, 9.17) is 4.74 Å². The van der Waals surface area contributed by atoms with E-state index in [-0.39, 0.29) is 11.8 Å². The predicted molar refractivity (Wildman–Crippen MR) is 92.2 cm³/mol. The molecule has 3 rings (SSSR count). The van der Waals surface area contributed by atoms with Crippen LogP contribution in [0.3, 0.4) is 0 Å². The molecule has 2 N–H and O–H groups in total. The number of carbonyl (C=O) groups is 2. The Bertz CT molecular complexity index is 754. The third kappa shape index (κ3) is 3.93. The van der Waals surface area contributed by atoms with E-state index in [0.29, 0.717) is 17.8 Å². The molecule has 0 saturated carbocycles. The molecule has 0 atom stereocenters. The van der Waals surface area contributed by atoms with Crippen LogP contribution in [-0.2, 0) is 17.8 Å². The van der Waals surface area contributed by atoms with Crippen molar-refractivity contribution in [3.05, 3.63) is 59.2 Å². The number of carbonyl (C=O) groups excluding carboxylic acids is 2. The third-order valence-corrected chi connectivity index (χ3v) is 3.89. The summed E-state index contributed by atoms with van der Waals surface area (Å²) >= 11 is 0. The van der Waals surface area contributed by atoms with Crippen LogP contribution in [0, 0.1) is 0 Å². The van der Waals surface area contributed by atoms with Crippen LogP contribution in [0.4, 0.5) is 5.69 Å². The number of hydrogen-bond donors (Lipinski definition) is 2. The molecule has 2 aromatic rings. The number of hydrogen-bond acceptors (Lipinski definition) is 3. The van der Waals surface area contributed by atoms with Crippen LogP contribution in [-0.4, -0.2) is 18.4 Å². The van der Waals surface area contributed by atoms with Gasteiger partial charge in [-0.15, -0.1) is 0 Å². The van der Waals surface area contributed by atoms with Crippen LogP contribution in [0.1, 0.15) is 34.8 Å². The summed E-state index contributed by atoms with van der Waals surface area (Å²) in [6, 6.07) is 12.9. The highest BCUT2D eigenvalue weighted by molar-refractivity contribution is 5.95. The van der Waals surface area contributed by atoms with Crippen molar-refractivity contribution in [1.29, 1.82) is 0 Å². The van der Waals surface area contributed by atoms with Gasteiger partial charge in [0.25, 0.3) is 5.91 Å². The Morgan fingerprint density at radius 2 is 1.92 bits per heavy atom. The first kappa shape index (κ1) is 16.1. The monoisotopic (exact) mass is 324 g/mol. The van der Waals surface area contributed by atoms with Crippen LogP contribution in [0.2, 0.25) is 0 Å². The van der Waals surface area contributed by atoms with Crippen molar-refractivity contribution >= 4 is 17.5 Å². The Morgan fingerprint density at radius 1 is 1.12 bits per heavy atom. The first-order chi connectivity index (χ1) is 11.6. The average molecular weight is 324 g/mol. The Hall–Kier alpha value is -2.82.